The maximum atomic E-state index is 9.44. The zero-order valence-electron chi connectivity index (χ0n) is 11.3. The highest BCUT2D eigenvalue weighted by atomic mass is 16.3. The number of rotatable bonds is 6. The smallest absolute Gasteiger partial charge is 0.0538 e. The predicted molar refractivity (Wildman–Crippen MR) is 69.6 cm³/mol. The van der Waals surface area contributed by atoms with Crippen LogP contribution >= 0.6 is 0 Å². The molecule has 0 aromatic carbocycles. The van der Waals surface area contributed by atoms with Crippen molar-refractivity contribution in [1.29, 1.82) is 0 Å². The number of hydrogen-bond donors (Lipinski definition) is 2. The lowest BCUT2D eigenvalue weighted by molar-refractivity contribution is 0.155. The van der Waals surface area contributed by atoms with Crippen LogP contribution in [0.1, 0.15) is 65.7 Å². The Labute approximate surface area is 101 Å². The fraction of sp³-hybridized carbons (Fsp3) is 1.00. The van der Waals surface area contributed by atoms with Crippen LogP contribution < -0.4 is 5.32 Å². The van der Waals surface area contributed by atoms with Crippen molar-refractivity contribution >= 4 is 0 Å². The number of hydrogen-bond acceptors (Lipinski definition) is 2. The molecule has 1 aliphatic carbocycles. The Morgan fingerprint density at radius 1 is 1.31 bits per heavy atom. The van der Waals surface area contributed by atoms with Gasteiger partial charge in [-0.05, 0) is 56.9 Å². The van der Waals surface area contributed by atoms with E-state index in [0.717, 1.165) is 31.8 Å². The van der Waals surface area contributed by atoms with E-state index in [-0.39, 0.29) is 6.10 Å². The summed E-state index contributed by atoms with van der Waals surface area (Å²) in [4.78, 5) is 0. The van der Waals surface area contributed by atoms with Crippen molar-refractivity contribution in [2.24, 2.45) is 5.41 Å². The molecule has 0 aromatic heterocycles. The fourth-order valence-electron chi connectivity index (χ4n) is 2.45. The van der Waals surface area contributed by atoms with E-state index >= 15 is 0 Å². The first kappa shape index (κ1) is 14.0. The van der Waals surface area contributed by atoms with Gasteiger partial charge in [-0.15, -0.1) is 0 Å². The van der Waals surface area contributed by atoms with E-state index in [1.165, 1.54) is 25.7 Å². The normalized spacial score (nSPS) is 23.2. The highest BCUT2D eigenvalue weighted by molar-refractivity contribution is 4.81. The SMILES string of the molecule is CCC(O)CCCNC1CCC(C)(C)CC1. The van der Waals surface area contributed by atoms with Crippen LogP contribution in [0.15, 0.2) is 0 Å². The van der Waals surface area contributed by atoms with Gasteiger partial charge in [-0.2, -0.15) is 0 Å². The van der Waals surface area contributed by atoms with Crippen LogP contribution in [-0.4, -0.2) is 23.8 Å². The van der Waals surface area contributed by atoms with Gasteiger partial charge in [0.1, 0.15) is 0 Å². The van der Waals surface area contributed by atoms with Crippen molar-refractivity contribution in [1.82, 2.24) is 5.32 Å². The second-order valence-electron chi connectivity index (χ2n) is 6.10. The van der Waals surface area contributed by atoms with Gasteiger partial charge in [0.2, 0.25) is 0 Å². The lowest BCUT2D eigenvalue weighted by Crippen LogP contribution is -2.36. The van der Waals surface area contributed by atoms with E-state index in [9.17, 15) is 5.11 Å². The Kier molecular flexibility index (Phi) is 5.77. The van der Waals surface area contributed by atoms with E-state index < -0.39 is 0 Å². The summed E-state index contributed by atoms with van der Waals surface area (Å²) in [5.41, 5.74) is 0.566. The molecule has 0 aromatic rings. The maximum absolute atomic E-state index is 9.44. The molecule has 1 saturated carbocycles. The van der Waals surface area contributed by atoms with Gasteiger partial charge in [0.15, 0.2) is 0 Å². The molecule has 2 N–H and O–H groups in total. The van der Waals surface area contributed by atoms with Gasteiger partial charge in [-0.25, -0.2) is 0 Å². The van der Waals surface area contributed by atoms with Crippen LogP contribution in [0.2, 0.25) is 0 Å². The summed E-state index contributed by atoms with van der Waals surface area (Å²) in [5.74, 6) is 0. The molecule has 0 aliphatic heterocycles. The summed E-state index contributed by atoms with van der Waals surface area (Å²) in [6.45, 7) is 7.87. The summed E-state index contributed by atoms with van der Waals surface area (Å²) < 4.78 is 0. The van der Waals surface area contributed by atoms with E-state index in [2.05, 4.69) is 19.2 Å². The summed E-state index contributed by atoms with van der Waals surface area (Å²) >= 11 is 0. The van der Waals surface area contributed by atoms with Gasteiger partial charge < -0.3 is 10.4 Å². The van der Waals surface area contributed by atoms with E-state index in [0.29, 0.717) is 5.41 Å². The molecule has 0 radical (unpaired) electrons. The highest BCUT2D eigenvalue weighted by Gasteiger charge is 2.26. The summed E-state index contributed by atoms with van der Waals surface area (Å²) in [6, 6.07) is 0.729. The van der Waals surface area contributed by atoms with Gasteiger partial charge in [0.05, 0.1) is 6.10 Å². The maximum Gasteiger partial charge on any atom is 0.0538 e. The van der Waals surface area contributed by atoms with Crippen molar-refractivity contribution < 1.29 is 5.11 Å². The van der Waals surface area contributed by atoms with Crippen LogP contribution in [0, 0.1) is 5.41 Å². The molecule has 1 atom stereocenters. The zero-order chi connectivity index (χ0) is 12.0. The molecule has 1 unspecified atom stereocenters. The third-order valence-corrected chi connectivity index (χ3v) is 3.96. The van der Waals surface area contributed by atoms with Crippen LogP contribution in [0.4, 0.5) is 0 Å². The molecule has 0 spiro atoms. The molecule has 0 saturated heterocycles. The first-order valence-corrected chi connectivity index (χ1v) is 6.95. The van der Waals surface area contributed by atoms with Crippen molar-refractivity contribution in [2.75, 3.05) is 6.54 Å². The molecular weight excluding hydrogens is 198 g/mol. The second kappa shape index (κ2) is 6.61. The predicted octanol–water partition coefficient (Wildman–Crippen LogP) is 3.10. The first-order chi connectivity index (χ1) is 7.53. The molecule has 0 bridgehead atoms. The largest absolute Gasteiger partial charge is 0.393 e. The summed E-state index contributed by atoms with van der Waals surface area (Å²) in [5, 5.41) is 13.1. The average Bonchev–Trinajstić information content (AvgIpc) is 2.26. The second-order valence-corrected chi connectivity index (χ2v) is 6.10. The molecule has 1 aliphatic rings. The summed E-state index contributed by atoms with van der Waals surface area (Å²) in [7, 11) is 0. The minimum absolute atomic E-state index is 0.0907. The van der Waals surface area contributed by atoms with Crippen molar-refractivity contribution in [2.45, 2.75) is 77.9 Å². The lowest BCUT2D eigenvalue weighted by atomic mass is 9.75. The molecule has 96 valence electrons. The molecule has 0 heterocycles. The molecule has 1 fully saturated rings. The Bertz CT molecular complexity index is 181. The zero-order valence-corrected chi connectivity index (χ0v) is 11.3. The number of nitrogens with one attached hydrogen (secondary N) is 1. The Hall–Kier alpha value is -0.0800. The van der Waals surface area contributed by atoms with Crippen molar-refractivity contribution in [3.8, 4) is 0 Å². The Morgan fingerprint density at radius 2 is 1.94 bits per heavy atom. The molecule has 2 nitrogen and oxygen atoms in total. The van der Waals surface area contributed by atoms with Gasteiger partial charge in [-0.3, -0.25) is 0 Å². The topological polar surface area (TPSA) is 32.3 Å². The third-order valence-electron chi connectivity index (χ3n) is 3.96. The van der Waals surface area contributed by atoms with Gasteiger partial charge >= 0.3 is 0 Å². The van der Waals surface area contributed by atoms with Crippen molar-refractivity contribution in [3.63, 3.8) is 0 Å². The molecular formula is C14H29NO. The highest BCUT2D eigenvalue weighted by Crippen LogP contribution is 2.34. The Balaban J connectivity index is 2.02. The number of aliphatic hydroxyl groups excluding tert-OH is 1. The van der Waals surface area contributed by atoms with Crippen LogP contribution in [0.5, 0.6) is 0 Å². The Morgan fingerprint density at radius 3 is 2.50 bits per heavy atom. The van der Waals surface area contributed by atoms with Gasteiger partial charge in [0, 0.05) is 6.04 Å². The van der Waals surface area contributed by atoms with Crippen LogP contribution in [0.3, 0.4) is 0 Å². The third kappa shape index (κ3) is 5.31. The molecule has 16 heavy (non-hydrogen) atoms. The van der Waals surface area contributed by atoms with E-state index in [1.54, 1.807) is 0 Å². The number of aliphatic hydroxyl groups is 1. The minimum Gasteiger partial charge on any atom is -0.393 e. The fourth-order valence-corrected chi connectivity index (χ4v) is 2.45. The molecule has 1 rings (SSSR count). The quantitative estimate of drug-likeness (QED) is 0.683. The lowest BCUT2D eigenvalue weighted by Gasteiger charge is -2.34. The monoisotopic (exact) mass is 227 g/mol. The average molecular weight is 227 g/mol. The van der Waals surface area contributed by atoms with Crippen molar-refractivity contribution in [3.05, 3.63) is 0 Å². The van der Waals surface area contributed by atoms with E-state index in [1.807, 2.05) is 6.92 Å². The standard InChI is InChI=1S/C14H29NO/c1-4-13(16)6-5-11-15-12-7-9-14(2,3)10-8-12/h12-13,15-16H,4-11H2,1-3H3. The first-order valence-electron chi connectivity index (χ1n) is 6.95. The molecule has 0 amide bonds. The van der Waals surface area contributed by atoms with Gasteiger partial charge in [-0.1, -0.05) is 20.8 Å². The van der Waals surface area contributed by atoms with Crippen LogP contribution in [-0.2, 0) is 0 Å². The van der Waals surface area contributed by atoms with Crippen LogP contribution in [0.25, 0.3) is 0 Å². The summed E-state index contributed by atoms with van der Waals surface area (Å²) in [6.07, 6.45) is 8.19. The van der Waals surface area contributed by atoms with E-state index in [4.69, 9.17) is 0 Å². The van der Waals surface area contributed by atoms with Gasteiger partial charge in [0.25, 0.3) is 0 Å². The minimum atomic E-state index is -0.0907. The molecule has 2 heteroatoms.